The Morgan fingerprint density at radius 3 is 2.30 bits per heavy atom. The second-order valence-corrected chi connectivity index (χ2v) is 3.62. The van der Waals surface area contributed by atoms with Crippen LogP contribution in [0.25, 0.3) is 0 Å². The molecular weight excluding hydrogens is 148 g/mol. The highest BCUT2D eigenvalue weighted by molar-refractivity contribution is 7.99. The normalized spacial score (nSPS) is 10.8. The average Bonchev–Trinajstić information content (AvgIpc) is 1.99. The lowest BCUT2D eigenvalue weighted by Crippen LogP contribution is -2.13. The Bertz CT molecular complexity index is 64.6. The SMILES string of the molecule is CCCCSC(CO)CO. The van der Waals surface area contributed by atoms with Gasteiger partial charge in [0.2, 0.25) is 0 Å². The number of hydrogen-bond acceptors (Lipinski definition) is 3. The van der Waals surface area contributed by atoms with E-state index in [1.54, 1.807) is 11.8 Å². The molecule has 2 nitrogen and oxygen atoms in total. The third-order valence-corrected chi connectivity index (χ3v) is 2.55. The Labute approximate surface area is 66.6 Å². The van der Waals surface area contributed by atoms with Gasteiger partial charge < -0.3 is 10.2 Å². The van der Waals surface area contributed by atoms with Crippen LogP contribution in [0.4, 0.5) is 0 Å². The Kier molecular flexibility index (Phi) is 7.58. The molecule has 2 N–H and O–H groups in total. The van der Waals surface area contributed by atoms with Gasteiger partial charge in [-0.1, -0.05) is 13.3 Å². The lowest BCUT2D eigenvalue weighted by atomic mass is 10.4. The quantitative estimate of drug-likeness (QED) is 0.572. The van der Waals surface area contributed by atoms with Crippen molar-refractivity contribution in [3.63, 3.8) is 0 Å². The molecule has 0 atom stereocenters. The van der Waals surface area contributed by atoms with Crippen LogP contribution in [0.5, 0.6) is 0 Å². The molecule has 0 saturated carbocycles. The van der Waals surface area contributed by atoms with E-state index in [0.717, 1.165) is 5.75 Å². The van der Waals surface area contributed by atoms with E-state index >= 15 is 0 Å². The molecule has 0 heterocycles. The number of thioether (sulfide) groups is 1. The first-order chi connectivity index (χ1) is 4.85. The van der Waals surface area contributed by atoms with Crippen molar-refractivity contribution in [3.8, 4) is 0 Å². The van der Waals surface area contributed by atoms with Gasteiger partial charge in [0.1, 0.15) is 0 Å². The van der Waals surface area contributed by atoms with Gasteiger partial charge >= 0.3 is 0 Å². The molecule has 0 amide bonds. The third-order valence-electron chi connectivity index (χ3n) is 1.26. The monoisotopic (exact) mass is 164 g/mol. The van der Waals surface area contributed by atoms with E-state index in [9.17, 15) is 0 Å². The Balaban J connectivity index is 3.09. The maximum absolute atomic E-state index is 8.64. The Hall–Kier alpha value is 0.270. The van der Waals surface area contributed by atoms with E-state index in [1.807, 2.05) is 0 Å². The van der Waals surface area contributed by atoms with Gasteiger partial charge in [-0.05, 0) is 12.2 Å². The summed E-state index contributed by atoms with van der Waals surface area (Å²) in [6.45, 7) is 2.31. The van der Waals surface area contributed by atoms with Crippen LogP contribution in [0.1, 0.15) is 19.8 Å². The Morgan fingerprint density at radius 2 is 1.90 bits per heavy atom. The van der Waals surface area contributed by atoms with Gasteiger partial charge in [0.05, 0.1) is 18.5 Å². The van der Waals surface area contributed by atoms with Crippen LogP contribution in [-0.4, -0.2) is 34.4 Å². The molecule has 0 unspecified atom stereocenters. The molecule has 0 rings (SSSR count). The van der Waals surface area contributed by atoms with Crippen molar-refractivity contribution in [2.45, 2.75) is 25.0 Å². The van der Waals surface area contributed by atoms with Gasteiger partial charge in [-0.3, -0.25) is 0 Å². The van der Waals surface area contributed by atoms with Crippen LogP contribution in [0.3, 0.4) is 0 Å². The van der Waals surface area contributed by atoms with Crippen LogP contribution in [0.2, 0.25) is 0 Å². The number of rotatable bonds is 6. The van der Waals surface area contributed by atoms with Gasteiger partial charge in [-0.25, -0.2) is 0 Å². The minimum Gasteiger partial charge on any atom is -0.395 e. The van der Waals surface area contributed by atoms with Crippen LogP contribution in [0.15, 0.2) is 0 Å². The van der Waals surface area contributed by atoms with Gasteiger partial charge in [-0.15, -0.1) is 0 Å². The van der Waals surface area contributed by atoms with Crippen molar-refractivity contribution in [3.05, 3.63) is 0 Å². The zero-order chi connectivity index (χ0) is 7.82. The highest BCUT2D eigenvalue weighted by Gasteiger charge is 2.03. The van der Waals surface area contributed by atoms with Crippen molar-refractivity contribution in [1.29, 1.82) is 0 Å². The molecule has 62 valence electrons. The molecule has 0 spiro atoms. The van der Waals surface area contributed by atoms with E-state index in [-0.39, 0.29) is 18.5 Å². The molecule has 3 heteroatoms. The summed E-state index contributed by atoms with van der Waals surface area (Å²) in [5, 5.41) is 17.3. The Morgan fingerprint density at radius 1 is 1.30 bits per heavy atom. The molecule has 0 saturated heterocycles. The minimum absolute atomic E-state index is 0.0338. The summed E-state index contributed by atoms with van der Waals surface area (Å²) < 4.78 is 0. The maximum Gasteiger partial charge on any atom is 0.0572 e. The summed E-state index contributed by atoms with van der Waals surface area (Å²) in [4.78, 5) is 0. The van der Waals surface area contributed by atoms with Crippen LogP contribution < -0.4 is 0 Å². The number of unbranched alkanes of at least 4 members (excludes halogenated alkanes) is 1. The maximum atomic E-state index is 8.64. The van der Waals surface area contributed by atoms with Crippen LogP contribution in [-0.2, 0) is 0 Å². The number of aliphatic hydroxyl groups excluding tert-OH is 2. The topological polar surface area (TPSA) is 40.5 Å². The van der Waals surface area contributed by atoms with Crippen molar-refractivity contribution < 1.29 is 10.2 Å². The van der Waals surface area contributed by atoms with Crippen LogP contribution in [0, 0.1) is 0 Å². The highest BCUT2D eigenvalue weighted by atomic mass is 32.2. The number of aliphatic hydroxyl groups is 2. The predicted octanol–water partition coefficient (Wildman–Crippen LogP) is 0.873. The second kappa shape index (κ2) is 7.38. The third kappa shape index (κ3) is 5.09. The second-order valence-electron chi connectivity index (χ2n) is 2.21. The molecule has 0 aliphatic rings. The van der Waals surface area contributed by atoms with Crippen molar-refractivity contribution in [1.82, 2.24) is 0 Å². The standard InChI is InChI=1S/C7H16O2S/c1-2-3-4-10-7(5-8)6-9/h7-9H,2-6H2,1H3. The van der Waals surface area contributed by atoms with Crippen molar-refractivity contribution in [2.24, 2.45) is 0 Å². The van der Waals surface area contributed by atoms with Gasteiger partial charge in [0, 0.05) is 0 Å². The van der Waals surface area contributed by atoms with Gasteiger partial charge in [0.25, 0.3) is 0 Å². The predicted molar refractivity (Wildman–Crippen MR) is 45.3 cm³/mol. The molecule has 0 aliphatic carbocycles. The summed E-state index contributed by atoms with van der Waals surface area (Å²) in [5.74, 6) is 1.04. The fourth-order valence-electron chi connectivity index (χ4n) is 0.557. The molecule has 0 aromatic heterocycles. The van der Waals surface area contributed by atoms with Crippen LogP contribution >= 0.6 is 11.8 Å². The molecule has 0 radical (unpaired) electrons. The number of hydrogen-bond donors (Lipinski definition) is 2. The van der Waals surface area contributed by atoms with E-state index in [2.05, 4.69) is 6.92 Å². The first kappa shape index (κ1) is 10.3. The fourth-order valence-corrected chi connectivity index (χ4v) is 1.56. The molecular formula is C7H16O2S. The van der Waals surface area contributed by atoms with E-state index in [1.165, 1.54) is 12.8 Å². The lowest BCUT2D eigenvalue weighted by molar-refractivity contribution is 0.228. The summed E-state index contributed by atoms with van der Waals surface area (Å²) in [6, 6.07) is 0. The van der Waals surface area contributed by atoms with Crippen molar-refractivity contribution >= 4 is 11.8 Å². The molecule has 0 fully saturated rings. The molecule has 10 heavy (non-hydrogen) atoms. The summed E-state index contributed by atoms with van der Waals surface area (Å²) in [7, 11) is 0. The average molecular weight is 164 g/mol. The van der Waals surface area contributed by atoms with E-state index < -0.39 is 0 Å². The zero-order valence-corrected chi connectivity index (χ0v) is 7.23. The molecule has 0 bridgehead atoms. The van der Waals surface area contributed by atoms with Gasteiger partial charge in [0.15, 0.2) is 0 Å². The molecule has 0 aromatic rings. The molecule has 0 aliphatic heterocycles. The van der Waals surface area contributed by atoms with Gasteiger partial charge in [-0.2, -0.15) is 11.8 Å². The smallest absolute Gasteiger partial charge is 0.0572 e. The lowest BCUT2D eigenvalue weighted by Gasteiger charge is -2.08. The first-order valence-corrected chi connectivity index (χ1v) is 4.73. The van der Waals surface area contributed by atoms with Crippen molar-refractivity contribution in [2.75, 3.05) is 19.0 Å². The van der Waals surface area contributed by atoms with E-state index in [4.69, 9.17) is 10.2 Å². The zero-order valence-electron chi connectivity index (χ0n) is 6.42. The van der Waals surface area contributed by atoms with E-state index in [0.29, 0.717) is 0 Å². The summed E-state index contributed by atoms with van der Waals surface area (Å²) in [5.41, 5.74) is 0. The fraction of sp³-hybridized carbons (Fsp3) is 1.00. The minimum atomic E-state index is 0.0338. The largest absolute Gasteiger partial charge is 0.395 e. The summed E-state index contributed by atoms with van der Waals surface area (Å²) >= 11 is 1.65. The first-order valence-electron chi connectivity index (χ1n) is 3.68. The summed E-state index contributed by atoms with van der Waals surface area (Å²) in [6.07, 6.45) is 2.34. The molecule has 0 aromatic carbocycles. The highest BCUT2D eigenvalue weighted by Crippen LogP contribution is 2.11.